The molecule has 4 rings (SSSR count). The summed E-state index contributed by atoms with van der Waals surface area (Å²) in [7, 11) is 1.64. The Kier molecular flexibility index (Phi) is 5.39. The van der Waals surface area contributed by atoms with Crippen LogP contribution in [0, 0.1) is 22.5 Å². The van der Waals surface area contributed by atoms with Crippen molar-refractivity contribution in [2.75, 3.05) is 31.6 Å². The lowest BCUT2D eigenvalue weighted by molar-refractivity contribution is -0.384. The molecule has 0 radical (unpaired) electrons. The number of carbonyl (C=O) groups excluding carboxylic acids is 1. The van der Waals surface area contributed by atoms with E-state index in [-0.39, 0.29) is 21.9 Å². The van der Waals surface area contributed by atoms with Gasteiger partial charge in [0, 0.05) is 36.5 Å². The number of hydrogen-bond donors (Lipinski definition) is 0. The van der Waals surface area contributed by atoms with Gasteiger partial charge >= 0.3 is 0 Å². The second kappa shape index (κ2) is 7.80. The van der Waals surface area contributed by atoms with Crippen molar-refractivity contribution < 1.29 is 14.5 Å². The maximum atomic E-state index is 12.9. The highest BCUT2D eigenvalue weighted by atomic mass is 16.6. The lowest BCUT2D eigenvalue weighted by Crippen LogP contribution is -2.49. The van der Waals surface area contributed by atoms with E-state index in [9.17, 15) is 14.9 Å². The predicted molar refractivity (Wildman–Crippen MR) is 125 cm³/mol. The number of fused-ring (bicyclic) bond motifs is 2. The molecule has 0 aliphatic carbocycles. The first-order valence-electron chi connectivity index (χ1n) is 11.1. The molecule has 7 heteroatoms. The Morgan fingerprint density at radius 2 is 1.78 bits per heavy atom. The standard InChI is InChI=1S/C25H31N3O4/c1-17-10-11-20(32-5)22-21(17)25(12-14-26(15-13-25)23(29)24(2,3)4)16-27(22)18-8-6-7-9-19(18)28(30)31/h6-11H,12-16H2,1-5H3. The number of rotatable bonds is 3. The van der Waals surface area contributed by atoms with Crippen molar-refractivity contribution >= 4 is 23.0 Å². The first-order chi connectivity index (χ1) is 15.1. The van der Waals surface area contributed by atoms with Gasteiger partial charge in [-0.3, -0.25) is 14.9 Å². The molecule has 0 aromatic heterocycles. The Balaban J connectivity index is 1.79. The number of nitro benzene ring substituents is 1. The number of nitrogens with zero attached hydrogens (tertiary/aromatic N) is 3. The maximum absolute atomic E-state index is 12.9. The summed E-state index contributed by atoms with van der Waals surface area (Å²) in [6.07, 6.45) is 1.62. The van der Waals surface area contributed by atoms with Crippen LogP contribution in [0.25, 0.3) is 0 Å². The van der Waals surface area contributed by atoms with E-state index < -0.39 is 5.41 Å². The van der Waals surface area contributed by atoms with Crippen molar-refractivity contribution in [3.05, 3.63) is 57.6 Å². The lowest BCUT2D eigenvalue weighted by atomic mass is 9.72. The molecule has 1 fully saturated rings. The zero-order chi connectivity index (χ0) is 23.3. The van der Waals surface area contributed by atoms with Gasteiger partial charge in [0.05, 0.1) is 17.7 Å². The highest BCUT2D eigenvalue weighted by Crippen LogP contribution is 2.55. The Bertz CT molecular complexity index is 1070. The molecule has 2 heterocycles. The molecule has 2 aliphatic heterocycles. The van der Waals surface area contributed by atoms with E-state index in [0.717, 1.165) is 24.1 Å². The van der Waals surface area contributed by atoms with Crippen molar-refractivity contribution in [2.24, 2.45) is 5.41 Å². The van der Waals surface area contributed by atoms with E-state index in [1.54, 1.807) is 25.3 Å². The first kappa shape index (κ1) is 22.1. The molecule has 0 unspecified atom stereocenters. The third-order valence-electron chi connectivity index (χ3n) is 6.85. The van der Waals surface area contributed by atoms with Gasteiger partial charge in [-0.15, -0.1) is 0 Å². The summed E-state index contributed by atoms with van der Waals surface area (Å²) in [5.74, 6) is 0.886. The Hall–Kier alpha value is -3.09. The van der Waals surface area contributed by atoms with Gasteiger partial charge < -0.3 is 14.5 Å². The molecule has 2 aromatic carbocycles. The number of likely N-dealkylation sites (tertiary alicyclic amines) is 1. The van der Waals surface area contributed by atoms with Gasteiger partial charge in [0.15, 0.2) is 0 Å². The molecular weight excluding hydrogens is 406 g/mol. The third-order valence-corrected chi connectivity index (χ3v) is 6.85. The number of piperidine rings is 1. The molecule has 1 spiro atoms. The summed E-state index contributed by atoms with van der Waals surface area (Å²) in [5, 5.41) is 11.8. The molecule has 0 N–H and O–H groups in total. The van der Waals surface area contributed by atoms with Gasteiger partial charge in [-0.1, -0.05) is 39.0 Å². The molecule has 170 valence electrons. The van der Waals surface area contributed by atoms with Crippen LogP contribution in [0.3, 0.4) is 0 Å². The van der Waals surface area contributed by atoms with Crippen LogP contribution in [-0.4, -0.2) is 42.5 Å². The molecule has 0 bridgehead atoms. The molecule has 32 heavy (non-hydrogen) atoms. The molecule has 1 saturated heterocycles. The van der Waals surface area contributed by atoms with Gasteiger partial charge in [0.25, 0.3) is 5.69 Å². The second-order valence-corrected chi connectivity index (χ2v) is 9.96. The van der Waals surface area contributed by atoms with Crippen molar-refractivity contribution in [1.29, 1.82) is 0 Å². The van der Waals surface area contributed by atoms with Gasteiger partial charge in [-0.2, -0.15) is 0 Å². The summed E-state index contributed by atoms with van der Waals surface area (Å²) in [5.41, 5.74) is 3.32. The minimum absolute atomic E-state index is 0.0828. The van der Waals surface area contributed by atoms with Crippen LogP contribution in [0.5, 0.6) is 5.75 Å². The van der Waals surface area contributed by atoms with E-state index in [0.29, 0.717) is 31.1 Å². The Labute approximate surface area is 189 Å². The third kappa shape index (κ3) is 3.49. The zero-order valence-electron chi connectivity index (χ0n) is 19.5. The minimum Gasteiger partial charge on any atom is -0.495 e. The molecule has 2 aromatic rings. The van der Waals surface area contributed by atoms with Gasteiger partial charge in [0.1, 0.15) is 11.4 Å². The van der Waals surface area contributed by atoms with Crippen molar-refractivity contribution in [3.63, 3.8) is 0 Å². The lowest BCUT2D eigenvalue weighted by Gasteiger charge is -2.42. The second-order valence-electron chi connectivity index (χ2n) is 9.96. The SMILES string of the molecule is COc1ccc(C)c2c1N(c1ccccc1[N+](=O)[O-])CC21CCN(C(=O)C(C)(C)C)CC1. The number of amides is 1. The summed E-state index contributed by atoms with van der Waals surface area (Å²) >= 11 is 0. The number of carbonyl (C=O) groups is 1. The molecule has 1 amide bonds. The number of para-hydroxylation sites is 2. The fraction of sp³-hybridized carbons (Fsp3) is 0.480. The smallest absolute Gasteiger partial charge is 0.292 e. The number of hydrogen-bond acceptors (Lipinski definition) is 5. The van der Waals surface area contributed by atoms with Crippen molar-refractivity contribution in [3.8, 4) is 5.75 Å². The van der Waals surface area contributed by atoms with Crippen LogP contribution in [-0.2, 0) is 10.2 Å². The molecule has 2 aliphatic rings. The highest BCUT2D eigenvalue weighted by Gasteiger charge is 2.49. The fourth-order valence-corrected chi connectivity index (χ4v) is 5.31. The number of anilines is 2. The highest BCUT2D eigenvalue weighted by molar-refractivity contribution is 5.84. The first-order valence-corrected chi connectivity index (χ1v) is 11.1. The van der Waals surface area contributed by atoms with Gasteiger partial charge in [0.2, 0.25) is 5.91 Å². The predicted octanol–water partition coefficient (Wildman–Crippen LogP) is 4.97. The van der Waals surface area contributed by atoms with Gasteiger partial charge in [-0.05, 0) is 43.0 Å². The molecule has 0 saturated carbocycles. The summed E-state index contributed by atoms with van der Waals surface area (Å²) in [6.45, 7) is 9.94. The van der Waals surface area contributed by atoms with E-state index in [2.05, 4.69) is 17.9 Å². The summed E-state index contributed by atoms with van der Waals surface area (Å²) in [6, 6.07) is 10.9. The number of aryl methyl sites for hydroxylation is 1. The van der Waals surface area contributed by atoms with Gasteiger partial charge in [-0.25, -0.2) is 0 Å². The maximum Gasteiger partial charge on any atom is 0.292 e. The van der Waals surface area contributed by atoms with E-state index >= 15 is 0 Å². The average molecular weight is 438 g/mol. The van der Waals surface area contributed by atoms with E-state index in [4.69, 9.17) is 4.74 Å². The van der Waals surface area contributed by atoms with Crippen LogP contribution in [0.2, 0.25) is 0 Å². The zero-order valence-corrected chi connectivity index (χ0v) is 19.5. The number of nitro groups is 1. The summed E-state index contributed by atoms with van der Waals surface area (Å²) in [4.78, 5) is 28.4. The number of benzene rings is 2. The van der Waals surface area contributed by atoms with E-state index in [1.165, 1.54) is 5.56 Å². The average Bonchev–Trinajstić information content (AvgIpc) is 3.09. The topological polar surface area (TPSA) is 75.9 Å². The fourth-order valence-electron chi connectivity index (χ4n) is 5.31. The molecular formula is C25H31N3O4. The van der Waals surface area contributed by atoms with Crippen LogP contribution in [0.15, 0.2) is 36.4 Å². The monoisotopic (exact) mass is 437 g/mol. The number of ether oxygens (including phenoxy) is 1. The number of methoxy groups -OCH3 is 1. The Morgan fingerprint density at radius 3 is 2.38 bits per heavy atom. The van der Waals surface area contributed by atoms with E-state index in [1.807, 2.05) is 37.8 Å². The van der Waals surface area contributed by atoms with Crippen LogP contribution < -0.4 is 9.64 Å². The normalized spacial score (nSPS) is 17.4. The largest absolute Gasteiger partial charge is 0.495 e. The summed E-state index contributed by atoms with van der Waals surface area (Å²) < 4.78 is 5.73. The van der Waals surface area contributed by atoms with Crippen LogP contribution in [0.1, 0.15) is 44.7 Å². The molecule has 0 atom stereocenters. The van der Waals surface area contributed by atoms with Crippen molar-refractivity contribution in [2.45, 2.75) is 46.0 Å². The Morgan fingerprint density at radius 1 is 1.12 bits per heavy atom. The minimum atomic E-state index is -0.409. The van der Waals surface area contributed by atoms with Crippen LogP contribution in [0.4, 0.5) is 17.1 Å². The quantitative estimate of drug-likeness (QED) is 0.501. The van der Waals surface area contributed by atoms with Crippen molar-refractivity contribution in [1.82, 2.24) is 4.90 Å². The molecule has 7 nitrogen and oxygen atoms in total. The van der Waals surface area contributed by atoms with Crippen LogP contribution >= 0.6 is 0 Å².